The summed E-state index contributed by atoms with van der Waals surface area (Å²) in [6.07, 6.45) is 0. The first-order valence-corrected chi connectivity index (χ1v) is 10.9. The summed E-state index contributed by atoms with van der Waals surface area (Å²) in [6, 6.07) is 34.0. The molecule has 0 amide bonds. The van der Waals surface area contributed by atoms with Crippen LogP contribution in [-0.4, -0.2) is 9.97 Å². The average Bonchev–Trinajstić information content (AvgIpc) is 2.84. The molecular weight excluding hydrogens is 388 g/mol. The van der Waals surface area contributed by atoms with Gasteiger partial charge in [0.25, 0.3) is 0 Å². The van der Waals surface area contributed by atoms with Crippen LogP contribution in [0.2, 0.25) is 0 Å². The van der Waals surface area contributed by atoms with Crippen molar-refractivity contribution in [1.82, 2.24) is 9.97 Å². The lowest BCUT2D eigenvalue weighted by Gasteiger charge is -2.15. The van der Waals surface area contributed by atoms with Crippen molar-refractivity contribution >= 4 is 32.6 Å². The highest BCUT2D eigenvalue weighted by Gasteiger charge is 2.17. The Labute approximate surface area is 187 Å². The van der Waals surface area contributed by atoms with E-state index in [1.165, 1.54) is 21.9 Å². The summed E-state index contributed by atoms with van der Waals surface area (Å²) in [5.74, 6) is 0. The predicted octanol–water partition coefficient (Wildman–Crippen LogP) is 7.89. The van der Waals surface area contributed by atoms with Gasteiger partial charge in [0.2, 0.25) is 0 Å². The molecule has 2 nitrogen and oxygen atoms in total. The molecule has 5 aromatic carbocycles. The predicted molar refractivity (Wildman–Crippen MR) is 135 cm³/mol. The van der Waals surface area contributed by atoms with Crippen molar-refractivity contribution in [1.29, 1.82) is 0 Å². The molecule has 0 aliphatic carbocycles. The lowest BCUT2D eigenvalue weighted by atomic mass is 9.96. The maximum atomic E-state index is 5.31. The van der Waals surface area contributed by atoms with E-state index in [4.69, 9.17) is 9.97 Å². The number of hydrogen-bond donors (Lipinski definition) is 0. The zero-order valence-electron chi connectivity index (χ0n) is 18.1. The summed E-state index contributed by atoms with van der Waals surface area (Å²) in [7, 11) is 0. The van der Waals surface area contributed by atoms with Crippen molar-refractivity contribution < 1.29 is 0 Å². The van der Waals surface area contributed by atoms with Crippen molar-refractivity contribution in [2.45, 2.75) is 13.8 Å². The van der Waals surface area contributed by atoms with Gasteiger partial charge in [0.15, 0.2) is 0 Å². The second-order valence-corrected chi connectivity index (χ2v) is 8.45. The normalized spacial score (nSPS) is 11.4. The average molecular weight is 411 g/mol. The van der Waals surface area contributed by atoms with Gasteiger partial charge in [-0.05, 0) is 36.8 Å². The van der Waals surface area contributed by atoms with Crippen LogP contribution in [0, 0.1) is 13.8 Å². The van der Waals surface area contributed by atoms with Crippen LogP contribution in [0.25, 0.3) is 55.1 Å². The number of hydrogen-bond acceptors (Lipinski definition) is 2. The van der Waals surface area contributed by atoms with Gasteiger partial charge in [0.1, 0.15) is 0 Å². The molecule has 0 aliphatic heterocycles. The van der Waals surface area contributed by atoms with Crippen LogP contribution in [0.3, 0.4) is 0 Å². The van der Waals surface area contributed by atoms with Crippen LogP contribution < -0.4 is 0 Å². The van der Waals surface area contributed by atoms with Crippen molar-refractivity contribution in [2.75, 3.05) is 0 Å². The first-order chi connectivity index (χ1) is 15.7. The lowest BCUT2D eigenvalue weighted by molar-refractivity contribution is 1.30. The molecule has 0 radical (unpaired) electrons. The van der Waals surface area contributed by atoms with E-state index >= 15 is 0 Å². The minimum Gasteiger partial charge on any atom is -0.243 e. The molecule has 1 heterocycles. The van der Waals surface area contributed by atoms with Gasteiger partial charge in [-0.1, -0.05) is 96.1 Å². The molecule has 0 fully saturated rings. The number of rotatable bonds is 2. The minimum atomic E-state index is 0.916. The van der Waals surface area contributed by atoms with Gasteiger partial charge >= 0.3 is 0 Å². The van der Waals surface area contributed by atoms with Crippen LogP contribution in [0.4, 0.5) is 0 Å². The fraction of sp³-hybridized carbons (Fsp3) is 0.0667. The third-order valence-electron chi connectivity index (χ3n) is 6.14. The summed E-state index contributed by atoms with van der Waals surface area (Å²) >= 11 is 0. The van der Waals surface area contributed by atoms with E-state index < -0.39 is 0 Å². The fourth-order valence-corrected chi connectivity index (χ4v) is 4.58. The van der Waals surface area contributed by atoms with Gasteiger partial charge in [-0.25, -0.2) is 9.97 Å². The molecule has 6 aromatic rings. The third-order valence-corrected chi connectivity index (χ3v) is 6.14. The Morgan fingerprint density at radius 2 is 0.844 bits per heavy atom. The zero-order valence-corrected chi connectivity index (χ0v) is 18.1. The summed E-state index contributed by atoms with van der Waals surface area (Å²) < 4.78 is 0. The van der Waals surface area contributed by atoms with Crippen molar-refractivity contribution in [2.24, 2.45) is 0 Å². The quantitative estimate of drug-likeness (QED) is 0.271. The molecule has 0 bridgehead atoms. The maximum absolute atomic E-state index is 5.31. The first-order valence-electron chi connectivity index (χ1n) is 10.9. The Bertz CT molecular complexity index is 1490. The number of nitrogens with zero attached hydrogens (tertiary/aromatic N) is 2. The number of benzene rings is 5. The molecule has 0 saturated carbocycles. The monoisotopic (exact) mass is 410 g/mol. The maximum Gasteiger partial charge on any atom is 0.0979 e. The molecule has 0 saturated heterocycles. The van der Waals surface area contributed by atoms with E-state index in [9.17, 15) is 0 Å². The van der Waals surface area contributed by atoms with E-state index in [0.717, 1.165) is 44.3 Å². The molecule has 0 N–H and O–H groups in total. The summed E-state index contributed by atoms with van der Waals surface area (Å²) in [4.78, 5) is 10.6. The van der Waals surface area contributed by atoms with E-state index in [1.54, 1.807) is 0 Å². The Kier molecular flexibility index (Phi) is 4.26. The van der Waals surface area contributed by atoms with Crippen molar-refractivity contribution in [3.8, 4) is 22.5 Å². The largest absolute Gasteiger partial charge is 0.243 e. The fourth-order valence-electron chi connectivity index (χ4n) is 4.58. The number of aromatic nitrogens is 2. The molecule has 32 heavy (non-hydrogen) atoms. The topological polar surface area (TPSA) is 25.8 Å². The van der Waals surface area contributed by atoms with Gasteiger partial charge in [-0.15, -0.1) is 0 Å². The van der Waals surface area contributed by atoms with Gasteiger partial charge in [-0.2, -0.15) is 0 Å². The van der Waals surface area contributed by atoms with E-state index in [2.05, 4.69) is 98.8 Å². The first kappa shape index (κ1) is 18.7. The summed E-state index contributed by atoms with van der Waals surface area (Å²) in [6.45, 7) is 4.27. The summed E-state index contributed by atoms with van der Waals surface area (Å²) in [5.41, 5.74) is 8.34. The van der Waals surface area contributed by atoms with Crippen LogP contribution >= 0.6 is 0 Å². The highest BCUT2D eigenvalue weighted by atomic mass is 14.8. The minimum absolute atomic E-state index is 0.916. The molecule has 2 heteroatoms. The van der Waals surface area contributed by atoms with E-state index in [-0.39, 0.29) is 0 Å². The molecule has 0 unspecified atom stereocenters. The SMILES string of the molecule is Cc1ccc2c3ccc(C)cc3c3nc(-c4ccccc4)c(-c4ccccc4)nc3c2c1. The zero-order chi connectivity index (χ0) is 21.7. The van der Waals surface area contributed by atoms with Crippen LogP contribution in [0.15, 0.2) is 97.1 Å². The Hall–Kier alpha value is -4.04. The molecule has 6 rings (SSSR count). The summed E-state index contributed by atoms with van der Waals surface area (Å²) in [5, 5.41) is 4.75. The second kappa shape index (κ2) is 7.28. The lowest BCUT2D eigenvalue weighted by Crippen LogP contribution is -1.97. The highest BCUT2D eigenvalue weighted by molar-refractivity contribution is 6.23. The highest BCUT2D eigenvalue weighted by Crippen LogP contribution is 2.38. The molecule has 0 spiro atoms. The molecule has 0 aliphatic rings. The van der Waals surface area contributed by atoms with E-state index in [0.29, 0.717) is 0 Å². The van der Waals surface area contributed by atoms with Crippen LogP contribution in [0.1, 0.15) is 11.1 Å². The molecule has 1 aromatic heterocycles. The van der Waals surface area contributed by atoms with Crippen molar-refractivity contribution in [3.63, 3.8) is 0 Å². The number of fused-ring (bicyclic) bond motifs is 6. The third kappa shape index (κ3) is 2.96. The Morgan fingerprint density at radius 1 is 0.438 bits per heavy atom. The van der Waals surface area contributed by atoms with Gasteiger partial charge < -0.3 is 0 Å². The van der Waals surface area contributed by atoms with Gasteiger partial charge in [-0.3, -0.25) is 0 Å². The Morgan fingerprint density at radius 3 is 1.25 bits per heavy atom. The molecule has 152 valence electrons. The van der Waals surface area contributed by atoms with Crippen molar-refractivity contribution in [3.05, 3.63) is 108 Å². The smallest absolute Gasteiger partial charge is 0.0979 e. The number of aryl methyl sites for hydroxylation is 2. The molecular formula is C30H22N2. The van der Waals surface area contributed by atoms with Crippen LogP contribution in [0.5, 0.6) is 0 Å². The van der Waals surface area contributed by atoms with E-state index in [1.807, 2.05) is 12.1 Å². The van der Waals surface area contributed by atoms with Gasteiger partial charge in [0, 0.05) is 21.9 Å². The molecule has 0 atom stereocenters. The standard InChI is InChI=1S/C30H22N2/c1-19-13-15-23-24-16-14-20(2)18-26(24)30-29(25(23)17-19)31-27(21-9-5-3-6-10-21)28(32-30)22-11-7-4-8-12-22/h3-18H,1-2H3. The van der Waals surface area contributed by atoms with Gasteiger partial charge in [0.05, 0.1) is 22.4 Å². The second-order valence-electron chi connectivity index (χ2n) is 8.45. The van der Waals surface area contributed by atoms with Crippen LogP contribution in [-0.2, 0) is 0 Å². The Balaban J connectivity index is 1.85.